The highest BCUT2D eigenvalue weighted by atomic mass is 16.5. The Hall–Kier alpha value is -2.28. The lowest BCUT2D eigenvalue weighted by molar-refractivity contribution is -0.135. The summed E-state index contributed by atoms with van der Waals surface area (Å²) < 4.78 is 5.43. The Morgan fingerprint density at radius 2 is 1.97 bits per heavy atom. The van der Waals surface area contributed by atoms with Gasteiger partial charge < -0.3 is 24.3 Å². The second kappa shape index (κ2) is 11.5. The highest BCUT2D eigenvalue weighted by Crippen LogP contribution is 2.28. The number of nitrogens with zero attached hydrogens (tertiary/aromatic N) is 4. The zero-order valence-corrected chi connectivity index (χ0v) is 20.3. The molecule has 7 heteroatoms. The molecule has 1 aromatic rings. The topological polar surface area (TPSA) is 56.3 Å². The fraction of sp³-hybridized carbons (Fsp3) is 0.680. The normalized spacial score (nSPS) is 18.7. The number of rotatable bonds is 9. The first kappa shape index (κ1) is 24.4. The average Bonchev–Trinajstić information content (AvgIpc) is 2.80. The summed E-state index contributed by atoms with van der Waals surface area (Å²) in [6.45, 7) is 6.69. The molecule has 1 atom stereocenters. The van der Waals surface area contributed by atoms with E-state index in [9.17, 15) is 9.59 Å². The number of hydrogen-bond donors (Lipinski definition) is 0. The van der Waals surface area contributed by atoms with Gasteiger partial charge >= 0.3 is 6.03 Å². The van der Waals surface area contributed by atoms with Crippen molar-refractivity contribution >= 4 is 11.9 Å². The molecule has 0 N–H and O–H groups in total. The van der Waals surface area contributed by atoms with E-state index in [4.69, 9.17) is 4.74 Å². The van der Waals surface area contributed by atoms with E-state index < -0.39 is 0 Å². The molecule has 2 aliphatic rings. The molecular formula is C25H40N4O3. The number of piperazine rings is 1. The summed E-state index contributed by atoms with van der Waals surface area (Å²) in [7, 11) is 5.18. The number of unbranched alkanes of at least 4 members (excludes halogenated alkanes) is 1. The van der Waals surface area contributed by atoms with E-state index in [0.717, 1.165) is 57.5 Å². The predicted octanol–water partition coefficient (Wildman–Crippen LogP) is 2.87. The molecule has 1 unspecified atom stereocenters. The Morgan fingerprint density at radius 1 is 1.16 bits per heavy atom. The molecule has 1 saturated heterocycles. The lowest BCUT2D eigenvalue weighted by atomic mass is 9.87. The van der Waals surface area contributed by atoms with Gasteiger partial charge in [0.05, 0.1) is 7.11 Å². The Labute approximate surface area is 193 Å². The van der Waals surface area contributed by atoms with Gasteiger partial charge in [-0.1, -0.05) is 13.0 Å². The molecule has 1 aromatic carbocycles. The van der Waals surface area contributed by atoms with Gasteiger partial charge in [0.15, 0.2) is 0 Å². The second-order valence-corrected chi connectivity index (χ2v) is 9.25. The second-order valence-electron chi connectivity index (χ2n) is 9.25. The molecule has 32 heavy (non-hydrogen) atoms. The third-order valence-corrected chi connectivity index (χ3v) is 6.74. The van der Waals surface area contributed by atoms with E-state index in [1.807, 2.05) is 4.90 Å². The van der Waals surface area contributed by atoms with Crippen molar-refractivity contribution in [2.24, 2.45) is 0 Å². The van der Waals surface area contributed by atoms with E-state index in [2.05, 4.69) is 30.0 Å². The van der Waals surface area contributed by atoms with Crippen LogP contribution >= 0.6 is 0 Å². The third-order valence-electron chi connectivity index (χ3n) is 6.74. The quantitative estimate of drug-likeness (QED) is 0.550. The van der Waals surface area contributed by atoms with Crippen molar-refractivity contribution in [1.29, 1.82) is 0 Å². The van der Waals surface area contributed by atoms with E-state index in [0.29, 0.717) is 19.1 Å². The molecule has 0 saturated carbocycles. The average molecular weight is 445 g/mol. The Balaban J connectivity index is 1.45. The standard InChI is InChI=1S/C25H40N4O3/c1-5-12-27(22-10-8-20-9-11-23(32-4)18-21(20)17-22)13-6-7-14-28-15-16-29(19-24(28)30)25(31)26(2)3/h9,11,18,22H,5-8,10,12-17,19H2,1-4H3. The molecule has 178 valence electrons. The summed E-state index contributed by atoms with van der Waals surface area (Å²) in [6.07, 6.45) is 6.68. The molecule has 3 amide bonds. The SMILES string of the molecule is CCCN(CCCCN1CCN(C(=O)N(C)C)CC1=O)C1CCc2ccc(OC)cc2C1. The highest BCUT2D eigenvalue weighted by molar-refractivity contribution is 5.85. The van der Waals surface area contributed by atoms with Gasteiger partial charge in [-0.25, -0.2) is 4.79 Å². The van der Waals surface area contributed by atoms with Crippen molar-refractivity contribution in [1.82, 2.24) is 19.6 Å². The van der Waals surface area contributed by atoms with Crippen LogP contribution in [0.15, 0.2) is 18.2 Å². The maximum atomic E-state index is 12.5. The molecule has 7 nitrogen and oxygen atoms in total. The molecule has 0 spiro atoms. The molecule has 0 radical (unpaired) electrons. The minimum absolute atomic E-state index is 0.0645. The monoisotopic (exact) mass is 444 g/mol. The van der Waals surface area contributed by atoms with Crippen molar-refractivity contribution in [2.75, 3.05) is 60.5 Å². The maximum absolute atomic E-state index is 12.5. The fourth-order valence-electron chi connectivity index (χ4n) is 4.93. The van der Waals surface area contributed by atoms with Gasteiger partial charge in [-0.15, -0.1) is 0 Å². The lowest BCUT2D eigenvalue weighted by Crippen LogP contribution is -2.54. The van der Waals surface area contributed by atoms with Crippen LogP contribution in [0.5, 0.6) is 5.75 Å². The zero-order chi connectivity index (χ0) is 23.1. The van der Waals surface area contributed by atoms with Crippen LogP contribution in [0.1, 0.15) is 43.7 Å². The minimum Gasteiger partial charge on any atom is -0.497 e. The molecule has 0 aromatic heterocycles. The van der Waals surface area contributed by atoms with Crippen LogP contribution in [0.25, 0.3) is 0 Å². The summed E-state index contributed by atoms with van der Waals surface area (Å²) in [4.78, 5) is 32.3. The smallest absolute Gasteiger partial charge is 0.320 e. The largest absolute Gasteiger partial charge is 0.497 e. The summed E-state index contributed by atoms with van der Waals surface area (Å²) in [5, 5.41) is 0. The molecular weight excluding hydrogens is 404 g/mol. The fourth-order valence-corrected chi connectivity index (χ4v) is 4.93. The number of carbonyl (C=O) groups excluding carboxylic acids is 2. The molecule has 1 fully saturated rings. The molecule has 1 aliphatic heterocycles. The van der Waals surface area contributed by atoms with Gasteiger partial charge in [0.1, 0.15) is 12.3 Å². The number of methoxy groups -OCH3 is 1. The third kappa shape index (κ3) is 6.15. The van der Waals surface area contributed by atoms with Crippen LogP contribution in [0, 0.1) is 0 Å². The lowest BCUT2D eigenvalue weighted by Gasteiger charge is -2.36. The molecule has 0 bridgehead atoms. The zero-order valence-electron chi connectivity index (χ0n) is 20.3. The first-order valence-corrected chi connectivity index (χ1v) is 12.1. The number of carbonyl (C=O) groups is 2. The van der Waals surface area contributed by atoms with Crippen LogP contribution < -0.4 is 4.74 Å². The van der Waals surface area contributed by atoms with Crippen LogP contribution in [0.2, 0.25) is 0 Å². The van der Waals surface area contributed by atoms with E-state index in [-0.39, 0.29) is 18.5 Å². The van der Waals surface area contributed by atoms with Gasteiger partial charge in [-0.05, 0) is 74.9 Å². The van der Waals surface area contributed by atoms with Gasteiger partial charge in [0.25, 0.3) is 0 Å². The number of hydrogen-bond acceptors (Lipinski definition) is 4. The summed E-state index contributed by atoms with van der Waals surface area (Å²) in [5.74, 6) is 1.01. The number of ether oxygens (including phenoxy) is 1. The summed E-state index contributed by atoms with van der Waals surface area (Å²) in [6, 6.07) is 6.99. The maximum Gasteiger partial charge on any atom is 0.320 e. The Morgan fingerprint density at radius 3 is 2.66 bits per heavy atom. The van der Waals surface area contributed by atoms with Crippen molar-refractivity contribution < 1.29 is 14.3 Å². The first-order chi connectivity index (χ1) is 15.4. The van der Waals surface area contributed by atoms with Crippen molar-refractivity contribution in [3.05, 3.63) is 29.3 Å². The van der Waals surface area contributed by atoms with Gasteiger partial charge in [-0.3, -0.25) is 4.79 Å². The number of benzene rings is 1. The van der Waals surface area contributed by atoms with Crippen LogP contribution in [0.4, 0.5) is 4.79 Å². The molecule has 3 rings (SSSR count). The first-order valence-electron chi connectivity index (χ1n) is 12.1. The Bertz CT molecular complexity index is 782. The molecule has 1 aliphatic carbocycles. The number of aryl methyl sites for hydroxylation is 1. The van der Waals surface area contributed by atoms with E-state index >= 15 is 0 Å². The van der Waals surface area contributed by atoms with Crippen molar-refractivity contribution in [2.45, 2.75) is 51.5 Å². The van der Waals surface area contributed by atoms with E-state index in [1.54, 1.807) is 26.1 Å². The van der Waals surface area contributed by atoms with Gasteiger partial charge in [0.2, 0.25) is 5.91 Å². The van der Waals surface area contributed by atoms with Crippen molar-refractivity contribution in [3.63, 3.8) is 0 Å². The van der Waals surface area contributed by atoms with Crippen LogP contribution in [-0.4, -0.2) is 98.1 Å². The van der Waals surface area contributed by atoms with Gasteiger partial charge in [0, 0.05) is 39.8 Å². The van der Waals surface area contributed by atoms with Crippen LogP contribution in [0.3, 0.4) is 0 Å². The summed E-state index contributed by atoms with van der Waals surface area (Å²) in [5.41, 5.74) is 2.89. The number of fused-ring (bicyclic) bond motifs is 1. The van der Waals surface area contributed by atoms with Crippen molar-refractivity contribution in [3.8, 4) is 5.75 Å². The molecule has 1 heterocycles. The summed E-state index contributed by atoms with van der Waals surface area (Å²) >= 11 is 0. The van der Waals surface area contributed by atoms with Gasteiger partial charge in [-0.2, -0.15) is 0 Å². The Kier molecular flexibility index (Phi) is 8.79. The predicted molar refractivity (Wildman–Crippen MR) is 127 cm³/mol. The number of urea groups is 1. The number of amides is 3. The minimum atomic E-state index is -0.0834. The highest BCUT2D eigenvalue weighted by Gasteiger charge is 2.28. The van der Waals surface area contributed by atoms with E-state index in [1.165, 1.54) is 22.4 Å². The van der Waals surface area contributed by atoms with Crippen LogP contribution in [-0.2, 0) is 17.6 Å².